The van der Waals surface area contributed by atoms with E-state index in [-0.39, 0.29) is 0 Å². The van der Waals surface area contributed by atoms with Crippen molar-refractivity contribution >= 4 is 17.5 Å². The Hall–Kier alpha value is -2.17. The molecule has 0 aliphatic heterocycles. The van der Waals surface area contributed by atoms with Crippen molar-refractivity contribution in [3.63, 3.8) is 0 Å². The summed E-state index contributed by atoms with van der Waals surface area (Å²) in [5.41, 5.74) is 3.62. The Morgan fingerprint density at radius 3 is 2.82 bits per heavy atom. The average Bonchev–Trinajstić information content (AvgIpc) is 3.02. The second kappa shape index (κ2) is 6.73. The smallest absolute Gasteiger partial charge is 0.244 e. The lowest BCUT2D eigenvalue weighted by Crippen LogP contribution is -2.17. The zero-order chi connectivity index (χ0) is 15.4. The lowest BCUT2D eigenvalue weighted by atomic mass is 10.1. The van der Waals surface area contributed by atoms with Gasteiger partial charge in [-0.1, -0.05) is 38.0 Å². The topological polar surface area (TPSA) is 62.7 Å². The van der Waals surface area contributed by atoms with E-state index in [1.165, 1.54) is 36.8 Å². The van der Waals surface area contributed by atoms with Gasteiger partial charge in [0.15, 0.2) is 5.82 Å². The van der Waals surface area contributed by atoms with Crippen molar-refractivity contribution in [2.75, 3.05) is 10.6 Å². The molecular formula is C17H23N5. The lowest BCUT2D eigenvalue weighted by molar-refractivity contribution is 0.738. The summed E-state index contributed by atoms with van der Waals surface area (Å²) in [6.07, 6.45) is 7.61. The van der Waals surface area contributed by atoms with E-state index in [0.29, 0.717) is 12.0 Å². The highest BCUT2D eigenvalue weighted by Crippen LogP contribution is 2.25. The van der Waals surface area contributed by atoms with Crippen molar-refractivity contribution in [3.05, 3.63) is 35.5 Å². The fourth-order valence-corrected chi connectivity index (χ4v) is 3.01. The maximum atomic E-state index is 4.55. The molecule has 1 heterocycles. The van der Waals surface area contributed by atoms with E-state index in [1.54, 1.807) is 6.20 Å². The van der Waals surface area contributed by atoms with Gasteiger partial charge in [-0.15, -0.1) is 5.10 Å². The van der Waals surface area contributed by atoms with E-state index >= 15 is 0 Å². The van der Waals surface area contributed by atoms with Crippen molar-refractivity contribution in [3.8, 4) is 0 Å². The van der Waals surface area contributed by atoms with Gasteiger partial charge in [0.05, 0.1) is 6.20 Å². The second-order valence-corrected chi connectivity index (χ2v) is 5.88. The van der Waals surface area contributed by atoms with Crippen molar-refractivity contribution in [2.24, 2.45) is 0 Å². The summed E-state index contributed by atoms with van der Waals surface area (Å²) in [6.45, 7) is 4.26. The van der Waals surface area contributed by atoms with Crippen LogP contribution >= 0.6 is 0 Å². The molecule has 1 aromatic carbocycles. The monoisotopic (exact) mass is 297 g/mol. The molecular weight excluding hydrogens is 274 g/mol. The van der Waals surface area contributed by atoms with Crippen LogP contribution in [-0.4, -0.2) is 21.2 Å². The van der Waals surface area contributed by atoms with Crippen LogP contribution in [0.3, 0.4) is 0 Å². The zero-order valence-corrected chi connectivity index (χ0v) is 13.3. The Bertz CT molecular complexity index is 635. The van der Waals surface area contributed by atoms with Crippen LogP contribution in [0.5, 0.6) is 0 Å². The molecule has 0 spiro atoms. The number of para-hydroxylation sites is 1. The van der Waals surface area contributed by atoms with Gasteiger partial charge in [0.25, 0.3) is 0 Å². The van der Waals surface area contributed by atoms with Gasteiger partial charge in [-0.3, -0.25) is 0 Å². The third-order valence-electron chi connectivity index (χ3n) is 4.24. The van der Waals surface area contributed by atoms with Crippen LogP contribution in [0.25, 0.3) is 0 Å². The molecule has 3 rings (SSSR count). The molecule has 0 radical (unpaired) electrons. The summed E-state index contributed by atoms with van der Waals surface area (Å²) in [6, 6.07) is 6.82. The first kappa shape index (κ1) is 14.8. The number of hydrogen-bond donors (Lipinski definition) is 2. The number of benzene rings is 1. The molecule has 0 unspecified atom stereocenters. The summed E-state index contributed by atoms with van der Waals surface area (Å²) in [7, 11) is 0. The van der Waals surface area contributed by atoms with E-state index in [0.717, 1.165) is 17.9 Å². The van der Waals surface area contributed by atoms with Crippen molar-refractivity contribution < 1.29 is 0 Å². The third kappa shape index (κ3) is 3.35. The largest absolute Gasteiger partial charge is 0.350 e. The highest BCUT2D eigenvalue weighted by atomic mass is 15.3. The predicted molar refractivity (Wildman–Crippen MR) is 89.5 cm³/mol. The van der Waals surface area contributed by atoms with Crippen LogP contribution in [0.2, 0.25) is 0 Å². The Morgan fingerprint density at radius 2 is 2.05 bits per heavy atom. The molecule has 22 heavy (non-hydrogen) atoms. The SMILES string of the molecule is CCc1cccc(C)c1Nc1cnnc(NC2CCCC2)n1. The van der Waals surface area contributed by atoms with Gasteiger partial charge in [0, 0.05) is 11.7 Å². The fraction of sp³-hybridized carbons (Fsp3) is 0.471. The molecule has 1 aliphatic rings. The predicted octanol–water partition coefficient (Wildman–Crippen LogP) is 3.84. The zero-order valence-electron chi connectivity index (χ0n) is 13.3. The van der Waals surface area contributed by atoms with Crippen molar-refractivity contribution in [2.45, 2.75) is 52.0 Å². The van der Waals surface area contributed by atoms with Gasteiger partial charge < -0.3 is 10.6 Å². The minimum absolute atomic E-state index is 0.488. The summed E-state index contributed by atoms with van der Waals surface area (Å²) in [4.78, 5) is 4.55. The van der Waals surface area contributed by atoms with Crippen molar-refractivity contribution in [1.82, 2.24) is 15.2 Å². The molecule has 1 aromatic heterocycles. The van der Waals surface area contributed by atoms with Gasteiger partial charge in [0.1, 0.15) is 0 Å². The first-order valence-corrected chi connectivity index (χ1v) is 8.08. The van der Waals surface area contributed by atoms with E-state index in [2.05, 4.69) is 57.9 Å². The van der Waals surface area contributed by atoms with E-state index in [1.807, 2.05) is 0 Å². The molecule has 0 atom stereocenters. The van der Waals surface area contributed by atoms with Gasteiger partial charge in [-0.2, -0.15) is 10.1 Å². The molecule has 116 valence electrons. The molecule has 0 bridgehead atoms. The number of rotatable bonds is 5. The highest BCUT2D eigenvalue weighted by molar-refractivity contribution is 5.64. The fourth-order valence-electron chi connectivity index (χ4n) is 3.01. The Kier molecular flexibility index (Phi) is 4.51. The van der Waals surface area contributed by atoms with E-state index < -0.39 is 0 Å². The molecule has 1 saturated carbocycles. The van der Waals surface area contributed by atoms with Crippen LogP contribution in [0, 0.1) is 6.92 Å². The average molecular weight is 297 g/mol. The molecule has 5 nitrogen and oxygen atoms in total. The summed E-state index contributed by atoms with van der Waals surface area (Å²) in [5.74, 6) is 1.35. The second-order valence-electron chi connectivity index (χ2n) is 5.88. The number of nitrogens with zero attached hydrogens (tertiary/aromatic N) is 3. The minimum Gasteiger partial charge on any atom is -0.350 e. The molecule has 1 aliphatic carbocycles. The normalized spacial score (nSPS) is 15.0. The van der Waals surface area contributed by atoms with Crippen LogP contribution in [0.15, 0.2) is 24.4 Å². The van der Waals surface area contributed by atoms with Gasteiger partial charge >= 0.3 is 0 Å². The summed E-state index contributed by atoms with van der Waals surface area (Å²) >= 11 is 0. The first-order chi connectivity index (χ1) is 10.8. The summed E-state index contributed by atoms with van der Waals surface area (Å²) in [5, 5.41) is 15.0. The Balaban J connectivity index is 1.78. The Morgan fingerprint density at radius 1 is 1.23 bits per heavy atom. The number of aromatic nitrogens is 3. The van der Waals surface area contributed by atoms with Crippen LogP contribution < -0.4 is 10.6 Å². The summed E-state index contributed by atoms with van der Waals surface area (Å²) < 4.78 is 0. The maximum absolute atomic E-state index is 4.55. The van der Waals surface area contributed by atoms with Crippen LogP contribution in [-0.2, 0) is 6.42 Å². The number of hydrogen-bond acceptors (Lipinski definition) is 5. The van der Waals surface area contributed by atoms with E-state index in [9.17, 15) is 0 Å². The number of anilines is 3. The Labute approximate surface area is 131 Å². The van der Waals surface area contributed by atoms with Gasteiger partial charge in [-0.25, -0.2) is 0 Å². The molecule has 0 saturated heterocycles. The van der Waals surface area contributed by atoms with Crippen LogP contribution in [0.1, 0.15) is 43.7 Å². The first-order valence-electron chi connectivity index (χ1n) is 8.08. The molecule has 5 heteroatoms. The molecule has 0 amide bonds. The number of aryl methyl sites for hydroxylation is 2. The molecule has 2 aromatic rings. The van der Waals surface area contributed by atoms with E-state index in [4.69, 9.17) is 0 Å². The van der Waals surface area contributed by atoms with Gasteiger partial charge in [-0.05, 0) is 37.3 Å². The highest BCUT2D eigenvalue weighted by Gasteiger charge is 2.16. The number of nitrogens with one attached hydrogen (secondary N) is 2. The molecule has 2 N–H and O–H groups in total. The standard InChI is InChI=1S/C17H23N5/c1-3-13-8-6-7-12(2)16(13)20-15-11-18-22-17(21-15)19-14-9-4-5-10-14/h6-8,11,14H,3-5,9-10H2,1-2H3,(H2,19,20,21,22). The van der Waals surface area contributed by atoms with Crippen LogP contribution in [0.4, 0.5) is 17.5 Å². The third-order valence-corrected chi connectivity index (χ3v) is 4.24. The minimum atomic E-state index is 0.488. The lowest BCUT2D eigenvalue weighted by Gasteiger charge is -2.15. The van der Waals surface area contributed by atoms with Gasteiger partial charge in [0.2, 0.25) is 5.95 Å². The quantitative estimate of drug-likeness (QED) is 0.878. The maximum Gasteiger partial charge on any atom is 0.244 e. The molecule has 1 fully saturated rings. The van der Waals surface area contributed by atoms with Crippen molar-refractivity contribution in [1.29, 1.82) is 0 Å².